The van der Waals surface area contributed by atoms with Crippen LogP contribution in [0.5, 0.6) is 0 Å². The van der Waals surface area contributed by atoms with Crippen molar-refractivity contribution in [3.63, 3.8) is 0 Å². The smallest absolute Gasteiger partial charge is 0.0493 e. The van der Waals surface area contributed by atoms with Crippen molar-refractivity contribution >= 4 is 5.71 Å². The maximum atomic E-state index is 4.59. The Hall–Kier alpha value is -0.330. The van der Waals surface area contributed by atoms with Crippen molar-refractivity contribution in [3.05, 3.63) is 0 Å². The Labute approximate surface area is 70.9 Å². The van der Waals surface area contributed by atoms with E-state index in [1.807, 2.05) is 0 Å². The number of aliphatic imine (C=N–C) groups is 1. The molecule has 0 heterocycles. The summed E-state index contributed by atoms with van der Waals surface area (Å²) >= 11 is 0. The molecule has 1 unspecified atom stereocenters. The van der Waals surface area contributed by atoms with Gasteiger partial charge in [0.1, 0.15) is 0 Å². The average molecular weight is 155 g/mol. The molecule has 0 saturated heterocycles. The van der Waals surface area contributed by atoms with Gasteiger partial charge in [-0.15, -0.1) is 0 Å². The molecule has 0 aromatic rings. The van der Waals surface area contributed by atoms with Gasteiger partial charge >= 0.3 is 0 Å². The highest BCUT2D eigenvalue weighted by atomic mass is 14.8. The van der Waals surface area contributed by atoms with Crippen LogP contribution in [0.2, 0.25) is 0 Å². The van der Waals surface area contributed by atoms with Crippen molar-refractivity contribution in [1.82, 2.24) is 0 Å². The summed E-state index contributed by atoms with van der Waals surface area (Å²) in [7, 11) is 0. The minimum Gasteiger partial charge on any atom is -0.291 e. The van der Waals surface area contributed by atoms with Crippen LogP contribution in [-0.2, 0) is 0 Å². The topological polar surface area (TPSA) is 12.4 Å². The van der Waals surface area contributed by atoms with E-state index in [1.165, 1.54) is 5.71 Å². The second kappa shape index (κ2) is 4.53. The maximum absolute atomic E-state index is 4.59. The third kappa shape index (κ3) is 4.18. The molecule has 0 aromatic heterocycles. The molecule has 0 fully saturated rings. The molecule has 0 saturated carbocycles. The summed E-state index contributed by atoms with van der Waals surface area (Å²) in [5.41, 5.74) is 1.27. The van der Waals surface area contributed by atoms with Crippen LogP contribution in [0.15, 0.2) is 4.99 Å². The lowest BCUT2D eigenvalue weighted by Gasteiger charge is -2.13. The van der Waals surface area contributed by atoms with Gasteiger partial charge in [0.25, 0.3) is 0 Å². The minimum absolute atomic E-state index is 0.470. The van der Waals surface area contributed by atoms with Gasteiger partial charge < -0.3 is 0 Å². The first kappa shape index (κ1) is 10.7. The lowest BCUT2D eigenvalue weighted by atomic mass is 10.1. The maximum Gasteiger partial charge on any atom is 0.0493 e. The van der Waals surface area contributed by atoms with E-state index in [9.17, 15) is 0 Å². The molecule has 0 bridgehead atoms. The Morgan fingerprint density at radius 2 is 1.45 bits per heavy atom. The summed E-state index contributed by atoms with van der Waals surface area (Å²) in [5, 5.41) is 0. The Morgan fingerprint density at radius 3 is 1.73 bits per heavy atom. The second-order valence-corrected chi connectivity index (χ2v) is 3.91. The molecule has 1 nitrogen and oxygen atoms in total. The van der Waals surface area contributed by atoms with Crippen LogP contribution in [0.4, 0.5) is 0 Å². The lowest BCUT2D eigenvalue weighted by molar-refractivity contribution is 0.528. The van der Waals surface area contributed by atoms with Crippen molar-refractivity contribution in [3.8, 4) is 0 Å². The zero-order valence-corrected chi connectivity index (χ0v) is 8.68. The fourth-order valence-corrected chi connectivity index (χ4v) is 0.619. The summed E-state index contributed by atoms with van der Waals surface area (Å²) in [6.07, 6.45) is 0. The highest BCUT2D eigenvalue weighted by Crippen LogP contribution is 2.07. The SMILES string of the molecule is C/C(=N\C(C)C(C)C)C(C)C. The van der Waals surface area contributed by atoms with Crippen molar-refractivity contribution in [2.24, 2.45) is 16.8 Å². The second-order valence-electron chi connectivity index (χ2n) is 3.91. The van der Waals surface area contributed by atoms with Gasteiger partial charge in [-0.3, -0.25) is 4.99 Å². The Kier molecular flexibility index (Phi) is 4.39. The van der Waals surface area contributed by atoms with Gasteiger partial charge in [-0.1, -0.05) is 27.7 Å². The minimum atomic E-state index is 0.470. The van der Waals surface area contributed by atoms with Gasteiger partial charge in [0.15, 0.2) is 0 Å². The summed E-state index contributed by atoms with van der Waals surface area (Å²) in [6.45, 7) is 13.1. The van der Waals surface area contributed by atoms with E-state index in [2.05, 4.69) is 46.5 Å². The third-order valence-corrected chi connectivity index (χ3v) is 2.21. The first-order chi connectivity index (χ1) is 4.95. The summed E-state index contributed by atoms with van der Waals surface area (Å²) in [6, 6.07) is 0.470. The average Bonchev–Trinajstić information content (AvgIpc) is 1.87. The van der Waals surface area contributed by atoms with E-state index in [0.29, 0.717) is 17.9 Å². The standard InChI is InChI=1S/C10H21N/c1-7(2)9(5)11-10(6)8(3)4/h7-9H,1-6H3/b11-10+. The highest BCUT2D eigenvalue weighted by molar-refractivity contribution is 5.83. The fraction of sp³-hybridized carbons (Fsp3) is 0.900. The molecule has 0 radical (unpaired) electrons. The number of rotatable bonds is 3. The highest BCUT2D eigenvalue weighted by Gasteiger charge is 2.06. The molecular weight excluding hydrogens is 134 g/mol. The van der Waals surface area contributed by atoms with Gasteiger partial charge in [-0.2, -0.15) is 0 Å². The Balaban J connectivity index is 4.07. The largest absolute Gasteiger partial charge is 0.291 e. The van der Waals surface area contributed by atoms with Gasteiger partial charge in [0.05, 0.1) is 0 Å². The van der Waals surface area contributed by atoms with Crippen LogP contribution in [0, 0.1) is 11.8 Å². The monoisotopic (exact) mass is 155 g/mol. The first-order valence-electron chi connectivity index (χ1n) is 4.49. The molecule has 0 aliphatic heterocycles. The van der Waals surface area contributed by atoms with Gasteiger partial charge in [-0.05, 0) is 25.7 Å². The molecule has 0 aliphatic carbocycles. The quantitative estimate of drug-likeness (QED) is 0.555. The van der Waals surface area contributed by atoms with Crippen LogP contribution in [0.3, 0.4) is 0 Å². The molecule has 0 rings (SSSR count). The normalized spacial score (nSPS) is 16.2. The van der Waals surface area contributed by atoms with Crippen LogP contribution >= 0.6 is 0 Å². The van der Waals surface area contributed by atoms with E-state index in [-0.39, 0.29) is 0 Å². The van der Waals surface area contributed by atoms with Crippen LogP contribution in [0.1, 0.15) is 41.5 Å². The van der Waals surface area contributed by atoms with Crippen molar-refractivity contribution in [1.29, 1.82) is 0 Å². The Bertz CT molecular complexity index is 134. The van der Waals surface area contributed by atoms with Gasteiger partial charge in [-0.25, -0.2) is 0 Å². The number of hydrogen-bond donors (Lipinski definition) is 0. The van der Waals surface area contributed by atoms with Crippen LogP contribution < -0.4 is 0 Å². The molecule has 0 spiro atoms. The number of nitrogens with zero attached hydrogens (tertiary/aromatic N) is 1. The molecule has 11 heavy (non-hydrogen) atoms. The van der Waals surface area contributed by atoms with Gasteiger partial charge in [0, 0.05) is 11.8 Å². The van der Waals surface area contributed by atoms with Gasteiger partial charge in [0.2, 0.25) is 0 Å². The van der Waals surface area contributed by atoms with E-state index in [1.54, 1.807) is 0 Å². The molecular formula is C10H21N. The zero-order chi connectivity index (χ0) is 9.02. The van der Waals surface area contributed by atoms with E-state index in [0.717, 1.165) is 0 Å². The molecule has 66 valence electrons. The molecule has 0 aliphatic rings. The summed E-state index contributed by atoms with van der Waals surface area (Å²) < 4.78 is 0. The Morgan fingerprint density at radius 1 is 1.00 bits per heavy atom. The van der Waals surface area contributed by atoms with Crippen LogP contribution in [0.25, 0.3) is 0 Å². The molecule has 1 heteroatoms. The van der Waals surface area contributed by atoms with E-state index in [4.69, 9.17) is 0 Å². The summed E-state index contributed by atoms with van der Waals surface area (Å²) in [5.74, 6) is 1.25. The van der Waals surface area contributed by atoms with Crippen molar-refractivity contribution < 1.29 is 0 Å². The molecule has 0 amide bonds. The molecule has 1 atom stereocenters. The predicted molar refractivity (Wildman–Crippen MR) is 52.2 cm³/mol. The molecule has 0 aromatic carbocycles. The number of hydrogen-bond acceptors (Lipinski definition) is 1. The summed E-state index contributed by atoms with van der Waals surface area (Å²) in [4.78, 5) is 4.59. The zero-order valence-electron chi connectivity index (χ0n) is 8.68. The van der Waals surface area contributed by atoms with Crippen molar-refractivity contribution in [2.45, 2.75) is 47.6 Å². The van der Waals surface area contributed by atoms with Crippen LogP contribution in [-0.4, -0.2) is 11.8 Å². The van der Waals surface area contributed by atoms with E-state index >= 15 is 0 Å². The fourth-order valence-electron chi connectivity index (χ4n) is 0.619. The van der Waals surface area contributed by atoms with E-state index < -0.39 is 0 Å². The molecule has 0 N–H and O–H groups in total. The van der Waals surface area contributed by atoms with Crippen molar-refractivity contribution in [2.75, 3.05) is 0 Å². The lowest BCUT2D eigenvalue weighted by Crippen LogP contribution is -2.12. The first-order valence-corrected chi connectivity index (χ1v) is 4.49. The predicted octanol–water partition coefficient (Wildman–Crippen LogP) is 3.15. The third-order valence-electron chi connectivity index (χ3n) is 2.21.